The Kier molecular flexibility index (Phi) is 2.95. The van der Waals surface area contributed by atoms with Gasteiger partial charge >= 0.3 is 0 Å². The molecule has 110 valence electrons. The molecule has 0 bridgehead atoms. The van der Waals surface area contributed by atoms with Gasteiger partial charge in [0.2, 0.25) is 0 Å². The molecule has 1 aromatic heterocycles. The van der Waals surface area contributed by atoms with E-state index in [1.165, 1.54) is 27.6 Å². The minimum atomic E-state index is -0.329. The van der Waals surface area contributed by atoms with Gasteiger partial charge in [-0.2, -0.15) is 0 Å². The van der Waals surface area contributed by atoms with E-state index >= 15 is 0 Å². The molecule has 0 radical (unpaired) electrons. The van der Waals surface area contributed by atoms with Crippen molar-refractivity contribution in [1.29, 1.82) is 0 Å². The number of aromatic nitrogens is 1. The molecule has 21 heavy (non-hydrogen) atoms. The number of hydrogen-bond donors (Lipinski definition) is 0. The highest BCUT2D eigenvalue weighted by atomic mass is 16.7. The van der Waals surface area contributed by atoms with Gasteiger partial charge in [-0.1, -0.05) is 17.7 Å². The average Bonchev–Trinajstić information content (AvgIpc) is 3.06. The molecule has 1 spiro atoms. The van der Waals surface area contributed by atoms with Gasteiger partial charge in [0.15, 0.2) is 5.79 Å². The van der Waals surface area contributed by atoms with Crippen molar-refractivity contribution in [3.05, 3.63) is 41.6 Å². The van der Waals surface area contributed by atoms with E-state index in [1.54, 1.807) is 0 Å². The van der Waals surface area contributed by atoms with Crippen molar-refractivity contribution in [1.82, 2.24) is 4.57 Å². The Morgan fingerprint density at radius 1 is 1.19 bits per heavy atom. The first kappa shape index (κ1) is 13.1. The van der Waals surface area contributed by atoms with E-state index in [2.05, 4.69) is 49.0 Å². The number of hydrogen-bond acceptors (Lipinski definition) is 2. The normalized spacial score (nSPS) is 21.1. The second-order valence-electron chi connectivity index (χ2n) is 6.22. The van der Waals surface area contributed by atoms with Crippen LogP contribution < -0.4 is 0 Å². The van der Waals surface area contributed by atoms with Crippen molar-refractivity contribution in [3.8, 4) is 0 Å². The fourth-order valence-corrected chi connectivity index (χ4v) is 3.57. The first-order chi connectivity index (χ1) is 10.2. The van der Waals surface area contributed by atoms with Gasteiger partial charge in [-0.15, -0.1) is 0 Å². The summed E-state index contributed by atoms with van der Waals surface area (Å²) in [4.78, 5) is 0. The predicted molar refractivity (Wildman–Crippen MR) is 84.1 cm³/mol. The molecule has 1 aromatic carbocycles. The van der Waals surface area contributed by atoms with E-state index in [-0.39, 0.29) is 5.79 Å². The van der Waals surface area contributed by atoms with Gasteiger partial charge in [0.1, 0.15) is 0 Å². The first-order valence-corrected chi connectivity index (χ1v) is 7.70. The van der Waals surface area contributed by atoms with E-state index in [4.69, 9.17) is 9.47 Å². The predicted octanol–water partition coefficient (Wildman–Crippen LogP) is 3.80. The molecule has 1 aliphatic carbocycles. The van der Waals surface area contributed by atoms with E-state index in [0.29, 0.717) is 0 Å². The molecule has 0 amide bonds. The molecule has 1 aliphatic heterocycles. The lowest BCUT2D eigenvalue weighted by atomic mass is 9.89. The lowest BCUT2D eigenvalue weighted by Crippen LogP contribution is -2.31. The number of aryl methyl sites for hydroxylation is 2. The summed E-state index contributed by atoms with van der Waals surface area (Å²) in [5.41, 5.74) is 5.40. The Hall–Kier alpha value is -1.58. The van der Waals surface area contributed by atoms with E-state index in [9.17, 15) is 0 Å². The van der Waals surface area contributed by atoms with E-state index in [0.717, 1.165) is 32.5 Å². The molecule has 2 heterocycles. The topological polar surface area (TPSA) is 23.4 Å². The number of ether oxygens (including phenoxy) is 2. The third-order valence-electron chi connectivity index (χ3n) is 4.74. The number of rotatable bonds is 1. The van der Waals surface area contributed by atoms with Crippen molar-refractivity contribution >= 4 is 16.5 Å². The van der Waals surface area contributed by atoms with Crippen LogP contribution >= 0.6 is 0 Å². The molecule has 3 heteroatoms. The first-order valence-electron chi connectivity index (χ1n) is 7.70. The van der Waals surface area contributed by atoms with Crippen LogP contribution in [0, 0.1) is 6.92 Å². The maximum Gasteiger partial charge on any atom is 0.172 e. The van der Waals surface area contributed by atoms with Crippen molar-refractivity contribution in [2.45, 2.75) is 32.0 Å². The molecule has 1 saturated heterocycles. The van der Waals surface area contributed by atoms with Crippen LogP contribution in [0.25, 0.3) is 16.5 Å². The Labute approximate surface area is 125 Å². The third-order valence-corrected chi connectivity index (χ3v) is 4.74. The SMILES string of the molecule is Cc1ccc2c(c1)c(C1=CCC3(CC1)OCCO3)cn2C. The summed E-state index contributed by atoms with van der Waals surface area (Å²) < 4.78 is 13.8. The lowest BCUT2D eigenvalue weighted by Gasteiger charge is -2.30. The summed E-state index contributed by atoms with van der Waals surface area (Å²) in [6.45, 7) is 3.62. The van der Waals surface area contributed by atoms with Crippen LogP contribution in [0.2, 0.25) is 0 Å². The van der Waals surface area contributed by atoms with Gasteiger partial charge in [0.25, 0.3) is 0 Å². The Balaban J connectivity index is 1.74. The zero-order valence-corrected chi connectivity index (χ0v) is 12.7. The van der Waals surface area contributed by atoms with Crippen LogP contribution in [0.5, 0.6) is 0 Å². The second-order valence-corrected chi connectivity index (χ2v) is 6.22. The Morgan fingerprint density at radius 2 is 2.00 bits per heavy atom. The molecule has 2 aliphatic rings. The largest absolute Gasteiger partial charge is 0.350 e. The van der Waals surface area contributed by atoms with Crippen LogP contribution in [0.15, 0.2) is 30.5 Å². The second kappa shape index (κ2) is 4.72. The fraction of sp³-hybridized carbons (Fsp3) is 0.444. The summed E-state index contributed by atoms with van der Waals surface area (Å²) in [5, 5.41) is 1.35. The van der Waals surface area contributed by atoms with Crippen LogP contribution in [-0.2, 0) is 16.5 Å². The smallest absolute Gasteiger partial charge is 0.172 e. The van der Waals surface area contributed by atoms with Crippen LogP contribution in [0.1, 0.15) is 30.4 Å². The maximum atomic E-state index is 5.81. The molecule has 4 rings (SSSR count). The fourth-order valence-electron chi connectivity index (χ4n) is 3.57. The Morgan fingerprint density at radius 3 is 2.71 bits per heavy atom. The number of nitrogens with zero attached hydrogens (tertiary/aromatic N) is 1. The Bertz CT molecular complexity index is 720. The molecule has 0 N–H and O–H groups in total. The monoisotopic (exact) mass is 283 g/mol. The quantitative estimate of drug-likeness (QED) is 0.794. The molecule has 0 atom stereocenters. The van der Waals surface area contributed by atoms with Crippen molar-refractivity contribution in [3.63, 3.8) is 0 Å². The van der Waals surface area contributed by atoms with E-state index < -0.39 is 0 Å². The molecular formula is C18H21NO2. The summed E-state index contributed by atoms with van der Waals surface area (Å²) in [6.07, 6.45) is 7.41. The van der Waals surface area contributed by atoms with Gasteiger partial charge in [-0.05, 0) is 31.1 Å². The zero-order chi connectivity index (χ0) is 14.4. The highest BCUT2D eigenvalue weighted by Crippen LogP contribution is 2.40. The molecule has 2 aromatic rings. The standard InChI is InChI=1S/C18H21NO2/c1-13-3-4-17-15(11-13)16(12-19(17)2)14-5-7-18(8-6-14)20-9-10-21-18/h3-5,11-12H,6-10H2,1-2H3. The molecule has 0 unspecified atom stereocenters. The van der Waals surface area contributed by atoms with Crippen molar-refractivity contribution in [2.75, 3.05) is 13.2 Å². The number of benzene rings is 1. The average molecular weight is 283 g/mol. The molecule has 0 saturated carbocycles. The van der Waals surface area contributed by atoms with Crippen LogP contribution in [0.3, 0.4) is 0 Å². The van der Waals surface area contributed by atoms with Crippen molar-refractivity contribution in [2.24, 2.45) is 7.05 Å². The summed E-state index contributed by atoms with van der Waals surface area (Å²) in [5.74, 6) is -0.329. The number of fused-ring (bicyclic) bond motifs is 1. The zero-order valence-electron chi connectivity index (χ0n) is 12.7. The van der Waals surface area contributed by atoms with Crippen molar-refractivity contribution < 1.29 is 9.47 Å². The maximum absolute atomic E-state index is 5.81. The van der Waals surface area contributed by atoms with Gasteiger partial charge < -0.3 is 14.0 Å². The minimum absolute atomic E-state index is 0.329. The van der Waals surface area contributed by atoms with Gasteiger partial charge in [-0.3, -0.25) is 0 Å². The highest BCUT2D eigenvalue weighted by molar-refractivity contribution is 5.93. The molecule has 3 nitrogen and oxygen atoms in total. The van der Waals surface area contributed by atoms with Crippen LogP contribution in [0.4, 0.5) is 0 Å². The summed E-state index contributed by atoms with van der Waals surface area (Å²) in [7, 11) is 2.12. The third kappa shape index (κ3) is 2.12. The van der Waals surface area contributed by atoms with E-state index in [1.807, 2.05) is 0 Å². The molecule has 1 fully saturated rings. The summed E-state index contributed by atoms with van der Waals surface area (Å²) in [6, 6.07) is 6.68. The molecular weight excluding hydrogens is 262 g/mol. The highest BCUT2D eigenvalue weighted by Gasteiger charge is 2.37. The van der Waals surface area contributed by atoms with Gasteiger partial charge in [-0.25, -0.2) is 0 Å². The number of allylic oxidation sites excluding steroid dienone is 1. The summed E-state index contributed by atoms with van der Waals surface area (Å²) >= 11 is 0. The van der Waals surface area contributed by atoms with Crippen LogP contribution in [-0.4, -0.2) is 23.6 Å². The van der Waals surface area contributed by atoms with Gasteiger partial charge in [0, 0.05) is 42.6 Å². The lowest BCUT2D eigenvalue weighted by molar-refractivity contribution is -0.159. The minimum Gasteiger partial charge on any atom is -0.350 e. The van der Waals surface area contributed by atoms with Gasteiger partial charge in [0.05, 0.1) is 13.2 Å².